The fourth-order valence-corrected chi connectivity index (χ4v) is 2.25. The molecule has 5 heteroatoms. The summed E-state index contributed by atoms with van der Waals surface area (Å²) in [6, 6.07) is 0.250. The lowest BCUT2D eigenvalue weighted by atomic mass is 10.1. The molecular weight excluding hydrogens is 240 g/mol. The standard InChI is InChI=1S/C14H24N4O/c1-3-5-7-11(6-4-2)15-14(19)13-16-12(17-18-13)10-8-9-10/h10-11H,3-9H2,1-2H3,(H,15,19)(H,16,17,18). The summed E-state index contributed by atoms with van der Waals surface area (Å²) in [6.45, 7) is 4.31. The van der Waals surface area contributed by atoms with Crippen LogP contribution in [0.4, 0.5) is 0 Å². The van der Waals surface area contributed by atoms with Crippen LogP contribution in [-0.2, 0) is 0 Å². The zero-order valence-corrected chi connectivity index (χ0v) is 11.9. The van der Waals surface area contributed by atoms with Crippen molar-refractivity contribution in [3.05, 3.63) is 11.6 Å². The first kappa shape index (κ1) is 14.0. The molecule has 0 radical (unpaired) electrons. The number of carbonyl (C=O) groups excluding carboxylic acids is 1. The van der Waals surface area contributed by atoms with Gasteiger partial charge in [-0.25, -0.2) is 4.98 Å². The van der Waals surface area contributed by atoms with Gasteiger partial charge in [0.05, 0.1) is 0 Å². The highest BCUT2D eigenvalue weighted by Gasteiger charge is 2.28. The molecule has 1 aromatic heterocycles. The van der Waals surface area contributed by atoms with Gasteiger partial charge in [0.25, 0.3) is 5.91 Å². The summed E-state index contributed by atoms with van der Waals surface area (Å²) in [5.74, 6) is 1.52. The van der Waals surface area contributed by atoms with Crippen LogP contribution in [-0.4, -0.2) is 27.1 Å². The van der Waals surface area contributed by atoms with E-state index in [4.69, 9.17) is 0 Å². The number of amides is 1. The van der Waals surface area contributed by atoms with Gasteiger partial charge in [0, 0.05) is 12.0 Å². The van der Waals surface area contributed by atoms with Crippen LogP contribution < -0.4 is 5.32 Å². The maximum Gasteiger partial charge on any atom is 0.291 e. The molecule has 0 bridgehead atoms. The minimum absolute atomic E-state index is 0.141. The van der Waals surface area contributed by atoms with Crippen molar-refractivity contribution in [2.45, 2.75) is 70.8 Å². The molecule has 106 valence electrons. The van der Waals surface area contributed by atoms with E-state index in [0.717, 1.165) is 50.8 Å². The van der Waals surface area contributed by atoms with Crippen molar-refractivity contribution >= 4 is 5.91 Å². The van der Waals surface area contributed by atoms with Crippen molar-refractivity contribution in [1.82, 2.24) is 20.5 Å². The molecule has 1 atom stereocenters. The van der Waals surface area contributed by atoms with Gasteiger partial charge in [-0.1, -0.05) is 33.1 Å². The number of carbonyl (C=O) groups is 1. The first-order valence-corrected chi connectivity index (χ1v) is 7.47. The SMILES string of the molecule is CCCCC(CCC)NC(=O)c1n[nH]c(C2CC2)n1. The quantitative estimate of drug-likeness (QED) is 0.758. The third kappa shape index (κ3) is 4.04. The molecule has 1 fully saturated rings. The predicted molar refractivity (Wildman–Crippen MR) is 74.0 cm³/mol. The lowest BCUT2D eigenvalue weighted by molar-refractivity contribution is 0.0922. The van der Waals surface area contributed by atoms with Crippen LogP contribution in [0.5, 0.6) is 0 Å². The molecule has 2 rings (SSSR count). The van der Waals surface area contributed by atoms with Gasteiger partial charge < -0.3 is 5.32 Å². The van der Waals surface area contributed by atoms with E-state index in [1.165, 1.54) is 0 Å². The van der Waals surface area contributed by atoms with Crippen LogP contribution in [0.1, 0.15) is 81.2 Å². The van der Waals surface area contributed by atoms with Crippen molar-refractivity contribution in [3.63, 3.8) is 0 Å². The molecule has 19 heavy (non-hydrogen) atoms. The first-order valence-electron chi connectivity index (χ1n) is 7.47. The Balaban J connectivity index is 1.88. The average molecular weight is 264 g/mol. The Labute approximate surface area is 114 Å². The number of hydrogen-bond acceptors (Lipinski definition) is 3. The highest BCUT2D eigenvalue weighted by molar-refractivity contribution is 5.90. The van der Waals surface area contributed by atoms with Crippen molar-refractivity contribution in [2.75, 3.05) is 0 Å². The van der Waals surface area contributed by atoms with Gasteiger partial charge >= 0.3 is 0 Å². The minimum atomic E-state index is -0.141. The number of hydrogen-bond donors (Lipinski definition) is 2. The van der Waals surface area contributed by atoms with E-state index in [-0.39, 0.29) is 11.9 Å². The van der Waals surface area contributed by atoms with Crippen LogP contribution in [0.2, 0.25) is 0 Å². The van der Waals surface area contributed by atoms with E-state index in [1.54, 1.807) is 0 Å². The van der Waals surface area contributed by atoms with Crippen molar-refractivity contribution < 1.29 is 4.79 Å². The first-order chi connectivity index (χ1) is 9.24. The average Bonchev–Trinajstić information content (AvgIpc) is 3.13. The molecule has 1 unspecified atom stereocenters. The summed E-state index contributed by atoms with van der Waals surface area (Å²) in [5, 5.41) is 9.96. The van der Waals surface area contributed by atoms with Crippen molar-refractivity contribution in [1.29, 1.82) is 0 Å². The van der Waals surface area contributed by atoms with E-state index >= 15 is 0 Å². The summed E-state index contributed by atoms with van der Waals surface area (Å²) in [6.07, 6.45) is 7.75. The number of rotatable bonds is 8. The smallest absolute Gasteiger partial charge is 0.291 e. The molecular formula is C14H24N4O. The predicted octanol–water partition coefficient (Wildman–Crippen LogP) is 2.77. The second-order valence-electron chi connectivity index (χ2n) is 5.42. The van der Waals surface area contributed by atoms with E-state index in [9.17, 15) is 4.79 Å². The maximum atomic E-state index is 12.1. The number of nitrogens with zero attached hydrogens (tertiary/aromatic N) is 2. The lowest BCUT2D eigenvalue weighted by Crippen LogP contribution is -2.35. The molecule has 2 N–H and O–H groups in total. The van der Waals surface area contributed by atoms with Gasteiger partial charge in [0.15, 0.2) is 0 Å². The Morgan fingerprint density at radius 3 is 2.79 bits per heavy atom. The summed E-state index contributed by atoms with van der Waals surface area (Å²) < 4.78 is 0. The minimum Gasteiger partial charge on any atom is -0.347 e. The molecule has 0 aromatic carbocycles. The maximum absolute atomic E-state index is 12.1. The molecule has 1 heterocycles. The molecule has 1 saturated carbocycles. The Kier molecular flexibility index (Phi) is 4.93. The normalized spacial score (nSPS) is 16.3. The second kappa shape index (κ2) is 6.68. The van der Waals surface area contributed by atoms with Crippen molar-refractivity contribution in [2.24, 2.45) is 0 Å². The summed E-state index contributed by atoms with van der Waals surface area (Å²) in [7, 11) is 0. The number of H-pyrrole nitrogens is 1. The van der Waals surface area contributed by atoms with Crippen LogP contribution in [0.25, 0.3) is 0 Å². The number of unbranched alkanes of at least 4 members (excludes halogenated alkanes) is 1. The molecule has 0 aliphatic heterocycles. The molecule has 1 aliphatic rings. The highest BCUT2D eigenvalue weighted by Crippen LogP contribution is 2.37. The molecule has 1 aliphatic carbocycles. The molecule has 0 saturated heterocycles. The van der Waals surface area contributed by atoms with Crippen LogP contribution in [0, 0.1) is 0 Å². The molecule has 1 amide bonds. The summed E-state index contributed by atoms with van der Waals surface area (Å²) in [4.78, 5) is 16.4. The van der Waals surface area contributed by atoms with Crippen LogP contribution in [0.15, 0.2) is 0 Å². The summed E-state index contributed by atoms with van der Waals surface area (Å²) >= 11 is 0. The van der Waals surface area contributed by atoms with Gasteiger partial charge in [0.2, 0.25) is 5.82 Å². The van der Waals surface area contributed by atoms with E-state index < -0.39 is 0 Å². The Morgan fingerprint density at radius 1 is 1.37 bits per heavy atom. The Morgan fingerprint density at radius 2 is 2.16 bits per heavy atom. The van der Waals surface area contributed by atoms with Gasteiger partial charge in [-0.15, -0.1) is 5.10 Å². The Bertz CT molecular complexity index is 411. The molecule has 0 spiro atoms. The molecule has 5 nitrogen and oxygen atoms in total. The van der Waals surface area contributed by atoms with Crippen LogP contribution in [0.3, 0.4) is 0 Å². The van der Waals surface area contributed by atoms with E-state index in [1.807, 2.05) is 0 Å². The fourth-order valence-electron chi connectivity index (χ4n) is 2.25. The van der Waals surface area contributed by atoms with E-state index in [2.05, 4.69) is 34.3 Å². The van der Waals surface area contributed by atoms with Gasteiger partial charge in [-0.2, -0.15) is 0 Å². The van der Waals surface area contributed by atoms with Crippen molar-refractivity contribution in [3.8, 4) is 0 Å². The fraction of sp³-hybridized carbons (Fsp3) is 0.786. The van der Waals surface area contributed by atoms with Gasteiger partial charge in [0.1, 0.15) is 5.82 Å². The topological polar surface area (TPSA) is 70.7 Å². The highest BCUT2D eigenvalue weighted by atomic mass is 16.2. The van der Waals surface area contributed by atoms with E-state index in [0.29, 0.717) is 11.7 Å². The Hall–Kier alpha value is -1.39. The number of aromatic amines is 1. The lowest BCUT2D eigenvalue weighted by Gasteiger charge is -2.16. The van der Waals surface area contributed by atoms with Gasteiger partial charge in [-0.05, 0) is 25.7 Å². The zero-order valence-electron chi connectivity index (χ0n) is 11.9. The largest absolute Gasteiger partial charge is 0.347 e. The third-order valence-corrected chi connectivity index (χ3v) is 3.55. The van der Waals surface area contributed by atoms with Gasteiger partial charge in [-0.3, -0.25) is 9.89 Å². The third-order valence-electron chi connectivity index (χ3n) is 3.55. The second-order valence-corrected chi connectivity index (χ2v) is 5.42. The number of nitrogens with one attached hydrogen (secondary N) is 2. The number of aromatic nitrogens is 3. The summed E-state index contributed by atoms with van der Waals surface area (Å²) in [5.41, 5.74) is 0. The zero-order chi connectivity index (χ0) is 13.7. The molecule has 1 aromatic rings. The monoisotopic (exact) mass is 264 g/mol. The van der Waals surface area contributed by atoms with Crippen LogP contribution >= 0.6 is 0 Å².